The molecule has 1 heterocycles. The number of halogens is 5. The van der Waals surface area contributed by atoms with E-state index in [4.69, 9.17) is 9.47 Å². The van der Waals surface area contributed by atoms with Crippen molar-refractivity contribution in [2.75, 3.05) is 40.4 Å². The van der Waals surface area contributed by atoms with Gasteiger partial charge in [0.2, 0.25) is 0 Å². The molecule has 0 saturated carbocycles. The predicted octanol–water partition coefficient (Wildman–Crippen LogP) is 3.45. The largest absolute Gasteiger partial charge is 0.497 e. The zero-order valence-electron chi connectivity index (χ0n) is 13.6. The highest BCUT2D eigenvalue weighted by molar-refractivity contribution is 5.85. The molecule has 24 heavy (non-hydrogen) atoms. The van der Waals surface area contributed by atoms with E-state index < -0.39 is 18.6 Å². The van der Waals surface area contributed by atoms with Crippen molar-refractivity contribution in [2.24, 2.45) is 0 Å². The molecular formula is C15H23Cl2F3N2O2. The Kier molecular flexibility index (Phi) is 9.80. The van der Waals surface area contributed by atoms with Crippen LogP contribution in [0.5, 0.6) is 11.5 Å². The lowest BCUT2D eigenvalue weighted by molar-refractivity contribution is -0.148. The molecule has 0 unspecified atom stereocenters. The summed E-state index contributed by atoms with van der Waals surface area (Å²) in [5.74, 6) is 0.985. The van der Waals surface area contributed by atoms with Gasteiger partial charge in [-0.2, -0.15) is 13.2 Å². The maximum atomic E-state index is 13.0. The Labute approximate surface area is 152 Å². The molecule has 1 aliphatic heterocycles. The summed E-state index contributed by atoms with van der Waals surface area (Å²) in [6.07, 6.45) is -5.13. The number of hydrogen-bond acceptors (Lipinski definition) is 4. The topological polar surface area (TPSA) is 33.7 Å². The first-order valence-corrected chi connectivity index (χ1v) is 7.18. The van der Waals surface area contributed by atoms with E-state index in [-0.39, 0.29) is 24.8 Å². The van der Waals surface area contributed by atoms with Crippen molar-refractivity contribution >= 4 is 24.8 Å². The minimum atomic E-state index is -4.24. The van der Waals surface area contributed by atoms with Gasteiger partial charge in [0.05, 0.1) is 20.6 Å². The smallest absolute Gasteiger partial charge is 0.390 e. The van der Waals surface area contributed by atoms with Crippen molar-refractivity contribution in [3.05, 3.63) is 23.8 Å². The zero-order chi connectivity index (χ0) is 16.2. The van der Waals surface area contributed by atoms with E-state index in [0.717, 1.165) is 0 Å². The second-order valence-electron chi connectivity index (χ2n) is 5.23. The van der Waals surface area contributed by atoms with E-state index in [1.165, 1.54) is 14.2 Å². The maximum Gasteiger partial charge on any atom is 0.390 e. The van der Waals surface area contributed by atoms with Gasteiger partial charge in [-0.05, 0) is 6.07 Å². The maximum absolute atomic E-state index is 13.0. The average Bonchev–Trinajstić information content (AvgIpc) is 2.52. The molecule has 1 aromatic rings. The fourth-order valence-electron chi connectivity index (χ4n) is 2.74. The summed E-state index contributed by atoms with van der Waals surface area (Å²) in [6.45, 7) is 2.53. The minimum Gasteiger partial charge on any atom is -0.497 e. The van der Waals surface area contributed by atoms with Gasteiger partial charge in [0, 0.05) is 43.9 Å². The third-order valence-corrected chi connectivity index (χ3v) is 3.82. The summed E-state index contributed by atoms with van der Waals surface area (Å²) >= 11 is 0. The van der Waals surface area contributed by atoms with Gasteiger partial charge in [-0.25, -0.2) is 0 Å². The fourth-order valence-corrected chi connectivity index (χ4v) is 2.74. The second kappa shape index (κ2) is 10.2. The summed E-state index contributed by atoms with van der Waals surface area (Å²) in [4.78, 5) is 1.86. The van der Waals surface area contributed by atoms with Crippen LogP contribution in [0.25, 0.3) is 0 Å². The third kappa shape index (κ3) is 6.20. The van der Waals surface area contributed by atoms with Crippen molar-refractivity contribution in [1.29, 1.82) is 0 Å². The molecule has 9 heteroatoms. The second-order valence-corrected chi connectivity index (χ2v) is 5.23. The van der Waals surface area contributed by atoms with Crippen LogP contribution in [0.3, 0.4) is 0 Å². The number of hydrogen-bond donors (Lipinski definition) is 1. The van der Waals surface area contributed by atoms with Gasteiger partial charge in [0.25, 0.3) is 0 Å². The highest BCUT2D eigenvalue weighted by Crippen LogP contribution is 2.39. The molecule has 4 nitrogen and oxygen atoms in total. The molecule has 1 N–H and O–H groups in total. The van der Waals surface area contributed by atoms with E-state index >= 15 is 0 Å². The van der Waals surface area contributed by atoms with Crippen LogP contribution in [0.1, 0.15) is 18.0 Å². The average molecular weight is 391 g/mol. The van der Waals surface area contributed by atoms with Crippen molar-refractivity contribution in [1.82, 2.24) is 10.2 Å². The number of nitrogens with zero attached hydrogens (tertiary/aromatic N) is 1. The Bertz CT molecular complexity index is 498. The van der Waals surface area contributed by atoms with Crippen LogP contribution in [0, 0.1) is 0 Å². The lowest BCUT2D eigenvalue weighted by Gasteiger charge is -2.36. The molecule has 140 valence electrons. The number of piperazine rings is 1. The number of methoxy groups -OCH3 is 2. The van der Waals surface area contributed by atoms with Crippen molar-refractivity contribution in [3.8, 4) is 11.5 Å². The van der Waals surface area contributed by atoms with Gasteiger partial charge in [-0.3, -0.25) is 4.90 Å². The van der Waals surface area contributed by atoms with Crippen LogP contribution in [-0.2, 0) is 0 Å². The predicted molar refractivity (Wildman–Crippen MR) is 91.9 cm³/mol. The summed E-state index contributed by atoms with van der Waals surface area (Å²) in [7, 11) is 2.97. The molecule has 1 fully saturated rings. The van der Waals surface area contributed by atoms with Gasteiger partial charge in [0.15, 0.2) is 0 Å². The molecule has 1 atom stereocenters. The van der Waals surface area contributed by atoms with Crippen LogP contribution < -0.4 is 14.8 Å². The Morgan fingerprint density at radius 3 is 2.25 bits per heavy atom. The fraction of sp³-hybridized carbons (Fsp3) is 0.600. The van der Waals surface area contributed by atoms with Gasteiger partial charge >= 0.3 is 6.18 Å². The number of benzene rings is 1. The summed E-state index contributed by atoms with van der Waals surface area (Å²) in [6, 6.07) is 4.21. The van der Waals surface area contributed by atoms with Crippen molar-refractivity contribution in [3.63, 3.8) is 0 Å². The molecule has 0 spiro atoms. The molecule has 0 amide bonds. The quantitative estimate of drug-likeness (QED) is 0.834. The van der Waals surface area contributed by atoms with Crippen LogP contribution in [-0.4, -0.2) is 51.5 Å². The summed E-state index contributed by atoms with van der Waals surface area (Å²) in [5.41, 5.74) is 0.544. The number of ether oxygens (including phenoxy) is 2. The van der Waals surface area contributed by atoms with Gasteiger partial charge < -0.3 is 14.8 Å². The first-order chi connectivity index (χ1) is 10.4. The van der Waals surface area contributed by atoms with Crippen LogP contribution in [0.2, 0.25) is 0 Å². The molecule has 1 saturated heterocycles. The Balaban J connectivity index is 0.00000264. The van der Waals surface area contributed by atoms with Crippen LogP contribution in [0.4, 0.5) is 13.2 Å². The molecule has 1 aromatic carbocycles. The van der Waals surface area contributed by atoms with E-state index in [2.05, 4.69) is 5.32 Å². The number of alkyl halides is 3. The van der Waals surface area contributed by atoms with E-state index in [1.54, 1.807) is 18.2 Å². The molecule has 1 aliphatic rings. The molecule has 0 aliphatic carbocycles. The standard InChI is InChI=1S/C15H21F3N2O2.2ClH/c1-21-11-3-4-12(14(9-11)22-2)13(10-15(16,17)18)20-7-5-19-6-8-20;;/h3-4,9,13,19H,5-8,10H2,1-2H3;2*1H/t13-;;/m1../s1. The molecular weight excluding hydrogens is 368 g/mol. The normalized spacial score (nSPS) is 16.5. The third-order valence-electron chi connectivity index (χ3n) is 3.82. The highest BCUT2D eigenvalue weighted by atomic mass is 35.5. The summed E-state index contributed by atoms with van der Waals surface area (Å²) in [5, 5.41) is 3.16. The van der Waals surface area contributed by atoms with Crippen LogP contribution >= 0.6 is 24.8 Å². The molecule has 0 aromatic heterocycles. The van der Waals surface area contributed by atoms with Gasteiger partial charge in [-0.1, -0.05) is 6.07 Å². The zero-order valence-corrected chi connectivity index (χ0v) is 15.2. The molecule has 2 rings (SSSR count). The Morgan fingerprint density at radius 2 is 1.75 bits per heavy atom. The van der Waals surface area contributed by atoms with Crippen LogP contribution in [0.15, 0.2) is 18.2 Å². The van der Waals surface area contributed by atoms with E-state index in [1.807, 2.05) is 4.90 Å². The first kappa shape index (κ1) is 23.1. The van der Waals surface area contributed by atoms with E-state index in [9.17, 15) is 13.2 Å². The number of rotatable bonds is 5. The Morgan fingerprint density at radius 1 is 1.12 bits per heavy atom. The highest BCUT2D eigenvalue weighted by Gasteiger charge is 2.37. The van der Waals surface area contributed by atoms with Gasteiger partial charge in [-0.15, -0.1) is 24.8 Å². The summed E-state index contributed by atoms with van der Waals surface area (Å²) < 4.78 is 49.5. The Hall–Kier alpha value is -0.890. The monoisotopic (exact) mass is 390 g/mol. The molecule has 0 bridgehead atoms. The number of nitrogens with one attached hydrogen (secondary N) is 1. The lowest BCUT2D eigenvalue weighted by atomic mass is 9.99. The first-order valence-electron chi connectivity index (χ1n) is 7.18. The minimum absolute atomic E-state index is 0. The van der Waals surface area contributed by atoms with E-state index in [0.29, 0.717) is 43.2 Å². The lowest BCUT2D eigenvalue weighted by Crippen LogP contribution is -2.46. The molecule has 0 radical (unpaired) electrons. The van der Waals surface area contributed by atoms with Crippen molar-refractivity contribution < 1.29 is 22.6 Å². The SMILES string of the molecule is COc1ccc([C@@H](CC(F)(F)F)N2CCNCC2)c(OC)c1.Cl.Cl. The van der Waals surface area contributed by atoms with Crippen molar-refractivity contribution in [2.45, 2.75) is 18.6 Å². The van der Waals surface area contributed by atoms with Gasteiger partial charge in [0.1, 0.15) is 11.5 Å².